The predicted octanol–water partition coefficient (Wildman–Crippen LogP) is 1.28. The van der Waals surface area contributed by atoms with Crippen molar-refractivity contribution in [2.24, 2.45) is 0 Å². The highest BCUT2D eigenvalue weighted by Gasteiger charge is 2.22. The van der Waals surface area contributed by atoms with Crippen molar-refractivity contribution < 1.29 is 8.42 Å². The maximum atomic E-state index is 11.4. The minimum atomic E-state index is -3.11. The van der Waals surface area contributed by atoms with Gasteiger partial charge in [-0.15, -0.1) is 0 Å². The van der Waals surface area contributed by atoms with Gasteiger partial charge in [0.2, 0.25) is 0 Å². The monoisotopic (exact) mass is 268 g/mol. The third kappa shape index (κ3) is 2.84. The van der Waals surface area contributed by atoms with E-state index in [1.165, 1.54) is 6.26 Å². The molecule has 0 saturated carbocycles. The van der Waals surface area contributed by atoms with Gasteiger partial charge in [-0.2, -0.15) is 0 Å². The standard InChI is InChI=1S/C13H20N2O2S/c1-10-9-15(11(2)8-14-10)12-4-6-13(7-5-12)18(3,16)17/h4-7,10-11,14H,8-9H2,1-3H3/t10-,11+/m0/s1. The molecule has 18 heavy (non-hydrogen) atoms. The zero-order chi connectivity index (χ0) is 13.3. The van der Waals surface area contributed by atoms with Crippen LogP contribution in [0.4, 0.5) is 5.69 Å². The van der Waals surface area contributed by atoms with Crippen molar-refractivity contribution in [1.29, 1.82) is 0 Å². The van der Waals surface area contributed by atoms with Gasteiger partial charge in [0.25, 0.3) is 0 Å². The highest BCUT2D eigenvalue weighted by Crippen LogP contribution is 2.21. The van der Waals surface area contributed by atoms with E-state index in [2.05, 4.69) is 24.1 Å². The van der Waals surface area contributed by atoms with Crippen LogP contribution in [-0.2, 0) is 9.84 Å². The molecule has 2 atom stereocenters. The number of hydrogen-bond donors (Lipinski definition) is 1. The lowest BCUT2D eigenvalue weighted by Gasteiger charge is -2.39. The molecule has 0 aliphatic carbocycles. The van der Waals surface area contributed by atoms with Gasteiger partial charge in [0, 0.05) is 37.1 Å². The van der Waals surface area contributed by atoms with E-state index in [1.807, 2.05) is 12.1 Å². The van der Waals surface area contributed by atoms with Gasteiger partial charge in [-0.25, -0.2) is 8.42 Å². The first-order valence-corrected chi connectivity index (χ1v) is 8.07. The molecule has 4 nitrogen and oxygen atoms in total. The molecule has 1 aliphatic rings. The van der Waals surface area contributed by atoms with Crippen LogP contribution in [0.2, 0.25) is 0 Å². The first-order valence-electron chi connectivity index (χ1n) is 6.18. The number of nitrogens with zero attached hydrogens (tertiary/aromatic N) is 1. The molecule has 1 saturated heterocycles. The maximum Gasteiger partial charge on any atom is 0.175 e. The van der Waals surface area contributed by atoms with E-state index in [1.54, 1.807) is 12.1 Å². The van der Waals surface area contributed by atoms with Crippen molar-refractivity contribution in [1.82, 2.24) is 5.32 Å². The molecule has 1 heterocycles. The minimum absolute atomic E-state index is 0.377. The average Bonchev–Trinajstić information content (AvgIpc) is 2.31. The van der Waals surface area contributed by atoms with Gasteiger partial charge in [-0.05, 0) is 38.1 Å². The molecule has 0 spiro atoms. The Kier molecular flexibility index (Phi) is 3.64. The van der Waals surface area contributed by atoms with Gasteiger partial charge >= 0.3 is 0 Å². The summed E-state index contributed by atoms with van der Waals surface area (Å²) in [6, 6.07) is 8.03. The Morgan fingerprint density at radius 2 is 1.83 bits per heavy atom. The molecule has 1 aromatic carbocycles. The summed E-state index contributed by atoms with van der Waals surface area (Å²) in [5, 5.41) is 3.43. The van der Waals surface area contributed by atoms with Crippen molar-refractivity contribution >= 4 is 15.5 Å². The van der Waals surface area contributed by atoms with Crippen LogP contribution < -0.4 is 10.2 Å². The number of hydrogen-bond acceptors (Lipinski definition) is 4. The van der Waals surface area contributed by atoms with Crippen LogP contribution >= 0.6 is 0 Å². The molecular formula is C13H20N2O2S. The first kappa shape index (κ1) is 13.4. The SMILES string of the molecule is C[C@@H]1CN[C@@H](C)CN1c1ccc(S(C)(=O)=O)cc1. The molecule has 0 bridgehead atoms. The molecule has 0 radical (unpaired) electrons. The minimum Gasteiger partial charge on any atom is -0.366 e. The van der Waals surface area contributed by atoms with E-state index >= 15 is 0 Å². The maximum absolute atomic E-state index is 11.4. The number of rotatable bonds is 2. The van der Waals surface area contributed by atoms with Gasteiger partial charge in [0.15, 0.2) is 9.84 Å². The fourth-order valence-electron chi connectivity index (χ4n) is 2.27. The van der Waals surface area contributed by atoms with Crippen molar-refractivity contribution in [3.63, 3.8) is 0 Å². The van der Waals surface area contributed by atoms with E-state index < -0.39 is 9.84 Å². The summed E-state index contributed by atoms with van der Waals surface area (Å²) in [5.74, 6) is 0. The molecule has 1 aromatic rings. The summed E-state index contributed by atoms with van der Waals surface area (Å²) in [5.41, 5.74) is 1.09. The molecule has 100 valence electrons. The molecule has 0 amide bonds. The molecule has 5 heteroatoms. The summed E-state index contributed by atoms with van der Waals surface area (Å²) in [6.45, 7) is 6.22. The van der Waals surface area contributed by atoms with Gasteiger partial charge in [-0.1, -0.05) is 0 Å². The Labute approximate surface area is 109 Å². The van der Waals surface area contributed by atoms with E-state index in [9.17, 15) is 8.42 Å². The van der Waals surface area contributed by atoms with Crippen LogP contribution in [-0.4, -0.2) is 39.8 Å². The van der Waals surface area contributed by atoms with E-state index in [4.69, 9.17) is 0 Å². The third-order valence-electron chi connectivity index (χ3n) is 3.36. The average molecular weight is 268 g/mol. The zero-order valence-corrected chi connectivity index (χ0v) is 11.9. The fraction of sp³-hybridized carbons (Fsp3) is 0.538. The smallest absolute Gasteiger partial charge is 0.175 e. The second-order valence-electron chi connectivity index (χ2n) is 5.08. The Balaban J connectivity index is 2.23. The highest BCUT2D eigenvalue weighted by molar-refractivity contribution is 7.90. The summed E-state index contributed by atoms with van der Waals surface area (Å²) < 4.78 is 22.8. The fourth-order valence-corrected chi connectivity index (χ4v) is 2.90. The van der Waals surface area contributed by atoms with Crippen LogP contribution in [0, 0.1) is 0 Å². The molecule has 1 N–H and O–H groups in total. The van der Waals surface area contributed by atoms with Crippen molar-refractivity contribution in [3.05, 3.63) is 24.3 Å². The third-order valence-corrected chi connectivity index (χ3v) is 4.49. The number of benzene rings is 1. The summed E-state index contributed by atoms with van der Waals surface area (Å²) in [7, 11) is -3.11. The number of nitrogens with one attached hydrogen (secondary N) is 1. The predicted molar refractivity (Wildman–Crippen MR) is 73.8 cm³/mol. The Morgan fingerprint density at radius 1 is 1.22 bits per heavy atom. The van der Waals surface area contributed by atoms with E-state index in [0.29, 0.717) is 17.0 Å². The van der Waals surface area contributed by atoms with Crippen LogP contribution in [0.1, 0.15) is 13.8 Å². The van der Waals surface area contributed by atoms with Gasteiger partial charge in [0.05, 0.1) is 4.90 Å². The molecule has 0 aromatic heterocycles. The highest BCUT2D eigenvalue weighted by atomic mass is 32.2. The second-order valence-corrected chi connectivity index (χ2v) is 7.09. The largest absolute Gasteiger partial charge is 0.366 e. The summed E-state index contributed by atoms with van der Waals surface area (Å²) in [6.07, 6.45) is 1.23. The topological polar surface area (TPSA) is 49.4 Å². The number of piperazine rings is 1. The summed E-state index contributed by atoms with van der Waals surface area (Å²) in [4.78, 5) is 2.69. The van der Waals surface area contributed by atoms with Crippen LogP contribution in [0.3, 0.4) is 0 Å². The molecule has 0 unspecified atom stereocenters. The van der Waals surface area contributed by atoms with Crippen molar-refractivity contribution in [3.8, 4) is 0 Å². The molecule has 1 aliphatic heterocycles. The lowest BCUT2D eigenvalue weighted by molar-refractivity contribution is 0.425. The first-order chi connectivity index (χ1) is 8.38. The zero-order valence-electron chi connectivity index (χ0n) is 11.1. The second kappa shape index (κ2) is 4.90. The molecule has 2 rings (SSSR count). The van der Waals surface area contributed by atoms with Crippen LogP contribution in [0.25, 0.3) is 0 Å². The Bertz CT molecular complexity index is 510. The van der Waals surface area contributed by atoms with Crippen molar-refractivity contribution in [2.75, 3.05) is 24.2 Å². The van der Waals surface area contributed by atoms with E-state index in [-0.39, 0.29) is 0 Å². The lowest BCUT2D eigenvalue weighted by Crippen LogP contribution is -2.54. The number of sulfone groups is 1. The quantitative estimate of drug-likeness (QED) is 0.878. The van der Waals surface area contributed by atoms with Gasteiger partial charge in [-0.3, -0.25) is 0 Å². The molecule has 1 fully saturated rings. The molecular weight excluding hydrogens is 248 g/mol. The lowest BCUT2D eigenvalue weighted by atomic mass is 10.1. The van der Waals surface area contributed by atoms with Crippen LogP contribution in [0.5, 0.6) is 0 Å². The van der Waals surface area contributed by atoms with E-state index in [0.717, 1.165) is 18.8 Å². The van der Waals surface area contributed by atoms with Gasteiger partial charge in [0.1, 0.15) is 0 Å². The summed E-state index contributed by atoms with van der Waals surface area (Å²) >= 11 is 0. The van der Waals surface area contributed by atoms with Crippen molar-refractivity contribution in [2.45, 2.75) is 30.8 Å². The Hall–Kier alpha value is -1.07. The Morgan fingerprint density at radius 3 is 2.39 bits per heavy atom. The van der Waals surface area contributed by atoms with Gasteiger partial charge < -0.3 is 10.2 Å². The normalized spacial score (nSPS) is 25.2. The van der Waals surface area contributed by atoms with Crippen LogP contribution in [0.15, 0.2) is 29.2 Å². The number of anilines is 1.